The normalized spacial score (nSPS) is 11.3. The maximum absolute atomic E-state index is 10.2. The summed E-state index contributed by atoms with van der Waals surface area (Å²) in [5.41, 5.74) is 0.552. The van der Waals surface area contributed by atoms with Crippen molar-refractivity contribution >= 4 is 12.0 Å². The molecule has 1 aromatic rings. The third-order valence-corrected chi connectivity index (χ3v) is 1.45. The minimum Gasteiger partial charge on any atom is -0.478 e. The molecule has 1 rings (SSSR count). The van der Waals surface area contributed by atoms with Crippen LogP contribution in [0, 0.1) is 0 Å². The lowest BCUT2D eigenvalue weighted by Crippen LogP contribution is -2.00. The van der Waals surface area contributed by atoms with Crippen molar-refractivity contribution in [1.29, 1.82) is 0 Å². The van der Waals surface area contributed by atoms with Crippen LogP contribution in [0.2, 0.25) is 0 Å². The number of rotatable bonds is 3. The highest BCUT2D eigenvalue weighted by Crippen LogP contribution is 2.03. The molecule has 1 heterocycles. The number of carboxylic acids is 1. The predicted molar refractivity (Wildman–Crippen MR) is 47.1 cm³/mol. The molecule has 1 aromatic heterocycles. The van der Waals surface area contributed by atoms with Crippen molar-refractivity contribution in [2.45, 2.75) is 19.9 Å². The lowest BCUT2D eigenvalue weighted by Gasteiger charge is -2.00. The molecule has 70 valence electrons. The maximum atomic E-state index is 10.2. The Morgan fingerprint density at radius 1 is 1.69 bits per heavy atom. The van der Waals surface area contributed by atoms with Gasteiger partial charge in [0.1, 0.15) is 5.69 Å². The smallest absolute Gasteiger partial charge is 0.328 e. The van der Waals surface area contributed by atoms with Gasteiger partial charge in [-0.05, 0) is 19.9 Å². The lowest BCUT2D eigenvalue weighted by atomic mass is 10.4. The largest absolute Gasteiger partial charge is 0.478 e. The van der Waals surface area contributed by atoms with E-state index in [9.17, 15) is 4.79 Å². The fourth-order valence-corrected chi connectivity index (χ4v) is 0.776. The van der Waals surface area contributed by atoms with Gasteiger partial charge in [0.2, 0.25) is 0 Å². The van der Waals surface area contributed by atoms with Gasteiger partial charge in [-0.2, -0.15) is 0 Å². The number of carbonyl (C=O) groups is 1. The fraction of sp³-hybridized carbons (Fsp3) is 0.375. The average Bonchev–Trinajstić information content (AvgIpc) is 2.48. The molecule has 0 aliphatic heterocycles. The van der Waals surface area contributed by atoms with E-state index in [0.717, 1.165) is 6.08 Å². The average molecular weight is 181 g/mol. The molecule has 0 amide bonds. The lowest BCUT2D eigenvalue weighted by molar-refractivity contribution is -0.131. The van der Waals surface area contributed by atoms with E-state index in [1.807, 2.05) is 13.8 Å². The zero-order valence-corrected chi connectivity index (χ0v) is 7.51. The van der Waals surface area contributed by atoms with Crippen molar-refractivity contribution in [3.05, 3.63) is 18.0 Å². The van der Waals surface area contributed by atoms with E-state index in [-0.39, 0.29) is 6.04 Å². The highest BCUT2D eigenvalue weighted by Gasteiger charge is 2.00. The maximum Gasteiger partial charge on any atom is 0.328 e. The zero-order valence-electron chi connectivity index (χ0n) is 7.51. The monoisotopic (exact) mass is 181 g/mol. The van der Waals surface area contributed by atoms with E-state index in [4.69, 9.17) is 5.11 Å². The van der Waals surface area contributed by atoms with Gasteiger partial charge >= 0.3 is 5.97 Å². The van der Waals surface area contributed by atoms with Gasteiger partial charge in [-0.1, -0.05) is 5.21 Å². The first kappa shape index (κ1) is 9.44. The van der Waals surface area contributed by atoms with E-state index in [0.29, 0.717) is 5.69 Å². The second-order valence-electron chi connectivity index (χ2n) is 2.89. The second-order valence-corrected chi connectivity index (χ2v) is 2.89. The molecule has 0 aliphatic carbocycles. The molecule has 5 heteroatoms. The van der Waals surface area contributed by atoms with Gasteiger partial charge < -0.3 is 5.11 Å². The van der Waals surface area contributed by atoms with E-state index >= 15 is 0 Å². The van der Waals surface area contributed by atoms with Crippen molar-refractivity contribution in [3.8, 4) is 0 Å². The molecule has 0 atom stereocenters. The van der Waals surface area contributed by atoms with Crippen LogP contribution >= 0.6 is 0 Å². The minimum atomic E-state index is -0.987. The van der Waals surface area contributed by atoms with Gasteiger partial charge in [-0.15, -0.1) is 5.10 Å². The number of aliphatic carboxylic acids is 1. The number of aromatic nitrogens is 3. The highest BCUT2D eigenvalue weighted by atomic mass is 16.4. The zero-order chi connectivity index (χ0) is 9.84. The van der Waals surface area contributed by atoms with Gasteiger partial charge in [-0.3, -0.25) is 0 Å². The van der Waals surface area contributed by atoms with Crippen LogP contribution in [0.3, 0.4) is 0 Å². The summed E-state index contributed by atoms with van der Waals surface area (Å²) in [6.07, 6.45) is 4.15. The molecule has 0 aromatic carbocycles. The summed E-state index contributed by atoms with van der Waals surface area (Å²) in [7, 11) is 0. The third kappa shape index (κ3) is 2.70. The molecule has 0 saturated heterocycles. The van der Waals surface area contributed by atoms with Crippen LogP contribution in [0.25, 0.3) is 6.08 Å². The van der Waals surface area contributed by atoms with Crippen molar-refractivity contribution in [3.63, 3.8) is 0 Å². The van der Waals surface area contributed by atoms with Crippen LogP contribution in [0.1, 0.15) is 25.6 Å². The van der Waals surface area contributed by atoms with Crippen molar-refractivity contribution in [2.24, 2.45) is 0 Å². The summed E-state index contributed by atoms with van der Waals surface area (Å²) in [6, 6.07) is 0.236. The Morgan fingerprint density at radius 2 is 2.38 bits per heavy atom. The molecule has 0 saturated carbocycles. The summed E-state index contributed by atoms with van der Waals surface area (Å²) >= 11 is 0. The van der Waals surface area contributed by atoms with Gasteiger partial charge in [0.05, 0.1) is 6.20 Å². The SMILES string of the molecule is CC(C)n1cc(/C=C/C(=O)O)nn1. The molecular weight excluding hydrogens is 170 g/mol. The first-order valence-electron chi connectivity index (χ1n) is 3.92. The summed E-state index contributed by atoms with van der Waals surface area (Å²) in [5.74, 6) is -0.987. The van der Waals surface area contributed by atoms with E-state index in [1.165, 1.54) is 6.08 Å². The first-order valence-corrected chi connectivity index (χ1v) is 3.92. The second kappa shape index (κ2) is 3.84. The van der Waals surface area contributed by atoms with Crippen LogP contribution in [0.5, 0.6) is 0 Å². The summed E-state index contributed by atoms with van der Waals surface area (Å²) in [6.45, 7) is 3.94. The van der Waals surface area contributed by atoms with Crippen LogP contribution in [-0.2, 0) is 4.79 Å². The predicted octanol–water partition coefficient (Wildman–Crippen LogP) is 0.957. The number of hydrogen-bond acceptors (Lipinski definition) is 3. The summed E-state index contributed by atoms with van der Waals surface area (Å²) in [4.78, 5) is 10.2. The summed E-state index contributed by atoms with van der Waals surface area (Å²) < 4.78 is 1.67. The molecule has 5 nitrogen and oxygen atoms in total. The first-order chi connectivity index (χ1) is 6.09. The van der Waals surface area contributed by atoms with Crippen molar-refractivity contribution in [2.75, 3.05) is 0 Å². The van der Waals surface area contributed by atoms with E-state index in [1.54, 1.807) is 10.9 Å². The van der Waals surface area contributed by atoms with Gasteiger partial charge in [0.25, 0.3) is 0 Å². The molecular formula is C8H11N3O2. The quantitative estimate of drug-likeness (QED) is 0.705. The Bertz CT molecular complexity index is 328. The minimum absolute atomic E-state index is 0.236. The molecule has 0 radical (unpaired) electrons. The van der Waals surface area contributed by atoms with Crippen LogP contribution in [0.15, 0.2) is 12.3 Å². The molecule has 0 bridgehead atoms. The van der Waals surface area contributed by atoms with Gasteiger partial charge in [-0.25, -0.2) is 9.48 Å². The molecule has 1 N–H and O–H groups in total. The fourth-order valence-electron chi connectivity index (χ4n) is 0.776. The summed E-state index contributed by atoms with van der Waals surface area (Å²) in [5, 5.41) is 15.9. The molecule has 0 fully saturated rings. The Labute approximate surface area is 75.7 Å². The van der Waals surface area contributed by atoms with Gasteiger partial charge in [0, 0.05) is 12.1 Å². The Hall–Kier alpha value is -1.65. The van der Waals surface area contributed by atoms with Crippen LogP contribution in [0.4, 0.5) is 0 Å². The Kier molecular flexibility index (Phi) is 2.79. The van der Waals surface area contributed by atoms with Crippen molar-refractivity contribution < 1.29 is 9.90 Å². The van der Waals surface area contributed by atoms with Crippen LogP contribution < -0.4 is 0 Å². The molecule has 0 spiro atoms. The van der Waals surface area contributed by atoms with E-state index in [2.05, 4.69) is 10.3 Å². The molecule has 0 unspecified atom stereocenters. The Balaban J connectivity index is 2.75. The van der Waals surface area contributed by atoms with Crippen LogP contribution in [-0.4, -0.2) is 26.1 Å². The number of nitrogens with zero attached hydrogens (tertiary/aromatic N) is 3. The standard InChI is InChI=1S/C8H11N3O2/c1-6(2)11-5-7(9-10-11)3-4-8(12)13/h3-6H,1-2H3,(H,12,13)/b4-3+. The topological polar surface area (TPSA) is 68.0 Å². The number of carboxylic acid groups (broad SMARTS) is 1. The Morgan fingerprint density at radius 3 is 2.85 bits per heavy atom. The molecule has 13 heavy (non-hydrogen) atoms. The van der Waals surface area contributed by atoms with Gasteiger partial charge in [0.15, 0.2) is 0 Å². The third-order valence-electron chi connectivity index (χ3n) is 1.45. The van der Waals surface area contributed by atoms with E-state index < -0.39 is 5.97 Å². The highest BCUT2D eigenvalue weighted by molar-refractivity contribution is 5.84. The van der Waals surface area contributed by atoms with Crippen molar-refractivity contribution in [1.82, 2.24) is 15.0 Å². The molecule has 0 aliphatic rings. The number of hydrogen-bond donors (Lipinski definition) is 1.